The van der Waals surface area contributed by atoms with Gasteiger partial charge in [-0.1, -0.05) is 0 Å². The third-order valence-corrected chi connectivity index (χ3v) is 4.38. The molecule has 0 bridgehead atoms. The second kappa shape index (κ2) is 4.53. The molecule has 1 aliphatic rings. The van der Waals surface area contributed by atoms with Crippen molar-refractivity contribution in [2.75, 3.05) is 13.1 Å². The normalized spacial score (nSPS) is 17.2. The van der Waals surface area contributed by atoms with E-state index in [2.05, 4.69) is 31.3 Å². The molecule has 0 amide bonds. The zero-order valence-corrected chi connectivity index (χ0v) is 11.9. The molecular weight excluding hydrogens is 238 g/mol. The van der Waals surface area contributed by atoms with Crippen LogP contribution in [0.1, 0.15) is 30.0 Å². The highest BCUT2D eigenvalue weighted by atomic mass is 16.1. The lowest BCUT2D eigenvalue weighted by Gasteiger charge is -2.24. The van der Waals surface area contributed by atoms with Crippen molar-refractivity contribution in [3.05, 3.63) is 33.7 Å². The number of piperidine rings is 1. The van der Waals surface area contributed by atoms with Gasteiger partial charge >= 0.3 is 5.69 Å². The van der Waals surface area contributed by atoms with Crippen LogP contribution >= 0.6 is 0 Å². The molecule has 0 atom stereocenters. The van der Waals surface area contributed by atoms with Crippen molar-refractivity contribution in [3.63, 3.8) is 0 Å². The van der Waals surface area contributed by atoms with Crippen molar-refractivity contribution in [2.24, 2.45) is 7.05 Å². The van der Waals surface area contributed by atoms with E-state index in [-0.39, 0.29) is 5.69 Å². The number of nitrogens with one attached hydrogen (secondary N) is 1. The van der Waals surface area contributed by atoms with Crippen molar-refractivity contribution >= 4 is 11.0 Å². The maximum absolute atomic E-state index is 12.5. The number of fused-ring (bicyclic) bond motifs is 1. The molecule has 1 aromatic heterocycles. The molecule has 102 valence electrons. The van der Waals surface area contributed by atoms with Crippen LogP contribution in [0.5, 0.6) is 0 Å². The number of hydrogen-bond donors (Lipinski definition) is 1. The zero-order valence-electron chi connectivity index (χ0n) is 11.9. The highest BCUT2D eigenvalue weighted by Crippen LogP contribution is 2.25. The smallest absolute Gasteiger partial charge is 0.317 e. The molecule has 1 fully saturated rings. The Kier molecular flexibility index (Phi) is 2.97. The molecule has 1 aromatic carbocycles. The van der Waals surface area contributed by atoms with Gasteiger partial charge in [0.2, 0.25) is 0 Å². The fraction of sp³-hybridized carbons (Fsp3) is 0.533. The predicted molar refractivity (Wildman–Crippen MR) is 77.8 cm³/mol. The number of rotatable bonds is 1. The lowest BCUT2D eigenvalue weighted by atomic mass is 10.1. The summed E-state index contributed by atoms with van der Waals surface area (Å²) in [6.07, 6.45) is 2.07. The Balaban J connectivity index is 2.25. The van der Waals surface area contributed by atoms with E-state index in [0.717, 1.165) is 37.0 Å². The lowest BCUT2D eigenvalue weighted by molar-refractivity contribution is 0.366. The van der Waals surface area contributed by atoms with Crippen LogP contribution in [0.25, 0.3) is 11.0 Å². The Morgan fingerprint density at radius 3 is 2.32 bits per heavy atom. The van der Waals surface area contributed by atoms with E-state index in [1.165, 1.54) is 11.1 Å². The maximum Gasteiger partial charge on any atom is 0.329 e. The van der Waals surface area contributed by atoms with Crippen molar-refractivity contribution in [1.82, 2.24) is 14.5 Å². The van der Waals surface area contributed by atoms with Gasteiger partial charge in [-0.15, -0.1) is 0 Å². The molecule has 0 saturated carbocycles. The minimum Gasteiger partial charge on any atom is -0.317 e. The fourth-order valence-corrected chi connectivity index (χ4v) is 3.03. The summed E-state index contributed by atoms with van der Waals surface area (Å²) in [5.41, 5.74) is 4.74. The Bertz CT molecular complexity index is 675. The molecule has 4 heteroatoms. The molecule has 3 rings (SSSR count). The van der Waals surface area contributed by atoms with Gasteiger partial charge in [0.15, 0.2) is 0 Å². The van der Waals surface area contributed by atoms with Crippen LogP contribution < -0.4 is 11.0 Å². The van der Waals surface area contributed by atoms with Crippen LogP contribution in [-0.4, -0.2) is 22.2 Å². The van der Waals surface area contributed by atoms with Gasteiger partial charge in [0.1, 0.15) is 0 Å². The maximum atomic E-state index is 12.5. The van der Waals surface area contributed by atoms with Crippen molar-refractivity contribution in [1.29, 1.82) is 0 Å². The number of aromatic nitrogens is 2. The lowest BCUT2D eigenvalue weighted by Crippen LogP contribution is -2.34. The molecule has 2 heterocycles. The van der Waals surface area contributed by atoms with Crippen LogP contribution in [0, 0.1) is 13.8 Å². The number of benzene rings is 1. The van der Waals surface area contributed by atoms with Crippen LogP contribution in [0.2, 0.25) is 0 Å². The molecule has 1 N–H and O–H groups in total. The van der Waals surface area contributed by atoms with Crippen molar-refractivity contribution in [3.8, 4) is 0 Å². The van der Waals surface area contributed by atoms with Gasteiger partial charge in [0, 0.05) is 13.1 Å². The van der Waals surface area contributed by atoms with E-state index < -0.39 is 0 Å². The SMILES string of the molecule is Cc1cc2c(cc1C)n(C1CCNCC1)c(=O)n2C. The molecular formula is C15H21N3O. The second-order valence-corrected chi connectivity index (χ2v) is 5.62. The molecule has 0 unspecified atom stereocenters. The molecule has 1 aliphatic heterocycles. The van der Waals surface area contributed by atoms with Gasteiger partial charge in [-0.3, -0.25) is 9.13 Å². The number of nitrogens with zero attached hydrogens (tertiary/aromatic N) is 2. The van der Waals surface area contributed by atoms with E-state index in [9.17, 15) is 4.79 Å². The van der Waals surface area contributed by atoms with E-state index >= 15 is 0 Å². The van der Waals surface area contributed by atoms with Gasteiger partial charge in [0.25, 0.3) is 0 Å². The van der Waals surface area contributed by atoms with Gasteiger partial charge < -0.3 is 5.32 Å². The van der Waals surface area contributed by atoms with Gasteiger partial charge in [-0.2, -0.15) is 0 Å². The first-order valence-electron chi connectivity index (χ1n) is 6.98. The Morgan fingerprint density at radius 1 is 1.11 bits per heavy atom. The van der Waals surface area contributed by atoms with E-state index in [0.29, 0.717) is 6.04 Å². The van der Waals surface area contributed by atoms with Crippen molar-refractivity contribution < 1.29 is 0 Å². The van der Waals surface area contributed by atoms with E-state index in [1.54, 1.807) is 4.57 Å². The number of aryl methyl sites for hydroxylation is 3. The average Bonchev–Trinajstić information content (AvgIpc) is 2.64. The third-order valence-electron chi connectivity index (χ3n) is 4.38. The highest BCUT2D eigenvalue weighted by molar-refractivity contribution is 5.78. The molecule has 1 saturated heterocycles. The first-order valence-corrected chi connectivity index (χ1v) is 6.98. The summed E-state index contributed by atoms with van der Waals surface area (Å²) in [6, 6.07) is 4.62. The van der Waals surface area contributed by atoms with Crippen LogP contribution in [-0.2, 0) is 7.05 Å². The second-order valence-electron chi connectivity index (χ2n) is 5.62. The first-order chi connectivity index (χ1) is 9.09. The summed E-state index contributed by atoms with van der Waals surface area (Å²) < 4.78 is 3.78. The molecule has 19 heavy (non-hydrogen) atoms. The standard InChI is InChI=1S/C15H21N3O/c1-10-8-13-14(9-11(10)2)18(15(19)17(13)3)12-4-6-16-7-5-12/h8-9,12,16H,4-7H2,1-3H3. The Morgan fingerprint density at radius 2 is 1.68 bits per heavy atom. The van der Waals surface area contributed by atoms with Crippen LogP contribution in [0.15, 0.2) is 16.9 Å². The monoisotopic (exact) mass is 259 g/mol. The molecule has 0 spiro atoms. The predicted octanol–water partition coefficient (Wildman–Crippen LogP) is 1.88. The zero-order chi connectivity index (χ0) is 13.6. The van der Waals surface area contributed by atoms with Crippen molar-refractivity contribution in [2.45, 2.75) is 32.7 Å². The quantitative estimate of drug-likeness (QED) is 0.849. The molecule has 0 aliphatic carbocycles. The number of hydrogen-bond acceptors (Lipinski definition) is 2. The molecule has 0 radical (unpaired) electrons. The molecule has 2 aromatic rings. The van der Waals surface area contributed by atoms with Gasteiger partial charge in [-0.25, -0.2) is 4.79 Å². The summed E-state index contributed by atoms with van der Waals surface area (Å²) in [5.74, 6) is 0. The van der Waals surface area contributed by atoms with E-state index in [1.807, 2.05) is 11.6 Å². The van der Waals surface area contributed by atoms with Gasteiger partial charge in [0.05, 0.1) is 11.0 Å². The first kappa shape index (κ1) is 12.5. The summed E-state index contributed by atoms with van der Waals surface area (Å²) >= 11 is 0. The summed E-state index contributed by atoms with van der Waals surface area (Å²) in [6.45, 7) is 6.21. The minimum atomic E-state index is 0.118. The minimum absolute atomic E-state index is 0.118. The summed E-state index contributed by atoms with van der Waals surface area (Å²) in [5, 5.41) is 3.36. The molecule has 4 nitrogen and oxygen atoms in total. The van der Waals surface area contributed by atoms with Gasteiger partial charge in [-0.05, 0) is 63.0 Å². The third kappa shape index (κ3) is 1.91. The summed E-state index contributed by atoms with van der Waals surface area (Å²) in [7, 11) is 1.87. The fourth-order valence-electron chi connectivity index (χ4n) is 3.03. The Labute approximate surface area is 113 Å². The topological polar surface area (TPSA) is 39.0 Å². The Hall–Kier alpha value is -1.55. The van der Waals surface area contributed by atoms with Crippen LogP contribution in [0.3, 0.4) is 0 Å². The number of imidazole rings is 1. The average molecular weight is 259 g/mol. The van der Waals surface area contributed by atoms with E-state index in [4.69, 9.17) is 0 Å². The summed E-state index contributed by atoms with van der Waals surface area (Å²) in [4.78, 5) is 12.5. The van der Waals surface area contributed by atoms with Crippen LogP contribution in [0.4, 0.5) is 0 Å². The highest BCUT2D eigenvalue weighted by Gasteiger charge is 2.21. The largest absolute Gasteiger partial charge is 0.329 e.